The van der Waals surface area contributed by atoms with Gasteiger partial charge in [0.15, 0.2) is 11.6 Å². The van der Waals surface area contributed by atoms with Crippen molar-refractivity contribution in [3.8, 4) is 0 Å². The molecule has 1 aromatic carbocycles. The summed E-state index contributed by atoms with van der Waals surface area (Å²) in [4.78, 5) is 0. The summed E-state index contributed by atoms with van der Waals surface area (Å²) >= 11 is 0. The van der Waals surface area contributed by atoms with Gasteiger partial charge < -0.3 is 0 Å². The summed E-state index contributed by atoms with van der Waals surface area (Å²) in [7, 11) is 0. The van der Waals surface area contributed by atoms with Gasteiger partial charge in [0.1, 0.15) is 6.61 Å². The second-order valence-electron chi connectivity index (χ2n) is 1.89. The van der Waals surface area contributed by atoms with E-state index in [-0.39, 0.29) is 5.56 Å². The van der Waals surface area contributed by atoms with Gasteiger partial charge in [0.05, 0.1) is 0 Å². The van der Waals surface area contributed by atoms with Crippen molar-refractivity contribution < 1.29 is 13.9 Å². The molecule has 0 heterocycles. The molecule has 0 aliphatic carbocycles. The van der Waals surface area contributed by atoms with Gasteiger partial charge in [0.2, 0.25) is 0 Å². The molecule has 0 aliphatic rings. The Morgan fingerprint density at radius 1 is 1.20 bits per heavy atom. The van der Waals surface area contributed by atoms with E-state index in [2.05, 4.69) is 0 Å². The first kappa shape index (κ1) is 7.15. The molecule has 1 radical (unpaired) electrons. The highest BCUT2D eigenvalue weighted by molar-refractivity contribution is 5.16. The average molecular weight is 143 g/mol. The zero-order valence-corrected chi connectivity index (χ0v) is 5.10. The Hall–Kier alpha value is -0.960. The first-order valence-electron chi connectivity index (χ1n) is 2.76. The second-order valence-corrected chi connectivity index (χ2v) is 1.89. The van der Waals surface area contributed by atoms with Gasteiger partial charge in [-0.05, 0) is 17.7 Å². The smallest absolute Gasteiger partial charge is 0.159 e. The first-order chi connectivity index (χ1) is 4.74. The van der Waals surface area contributed by atoms with Gasteiger partial charge in [-0.1, -0.05) is 6.07 Å². The van der Waals surface area contributed by atoms with Gasteiger partial charge in [-0.25, -0.2) is 13.9 Å². The summed E-state index contributed by atoms with van der Waals surface area (Å²) in [5.74, 6) is -1.88. The third-order valence-electron chi connectivity index (χ3n) is 1.15. The van der Waals surface area contributed by atoms with Gasteiger partial charge in [-0.3, -0.25) is 0 Å². The molecular weight excluding hydrogens is 138 g/mol. The van der Waals surface area contributed by atoms with Crippen LogP contribution in [0.2, 0.25) is 0 Å². The highest BCUT2D eigenvalue weighted by Gasteiger charge is 2.00. The van der Waals surface area contributed by atoms with E-state index in [0.717, 1.165) is 12.1 Å². The molecule has 0 aromatic heterocycles. The second kappa shape index (κ2) is 2.75. The van der Waals surface area contributed by atoms with Crippen LogP contribution in [0.3, 0.4) is 0 Å². The Morgan fingerprint density at radius 2 is 1.90 bits per heavy atom. The number of hydrogen-bond acceptors (Lipinski definition) is 0. The lowest BCUT2D eigenvalue weighted by molar-refractivity contribution is 0.177. The van der Waals surface area contributed by atoms with Crippen LogP contribution in [-0.4, -0.2) is 0 Å². The zero-order valence-electron chi connectivity index (χ0n) is 5.10. The largest absolute Gasteiger partial charge is 0.232 e. The van der Waals surface area contributed by atoms with Gasteiger partial charge in [0, 0.05) is 0 Å². The molecule has 0 fully saturated rings. The van der Waals surface area contributed by atoms with Crippen molar-refractivity contribution in [1.82, 2.24) is 0 Å². The normalized spacial score (nSPS) is 9.90. The van der Waals surface area contributed by atoms with Crippen LogP contribution in [0.1, 0.15) is 5.56 Å². The zero-order chi connectivity index (χ0) is 7.56. The van der Waals surface area contributed by atoms with Crippen molar-refractivity contribution in [3.05, 3.63) is 35.4 Å². The van der Waals surface area contributed by atoms with E-state index in [1.165, 1.54) is 6.07 Å². The van der Waals surface area contributed by atoms with Crippen LogP contribution in [-0.2, 0) is 11.7 Å². The maximum atomic E-state index is 12.3. The van der Waals surface area contributed by atoms with Crippen LogP contribution in [0.15, 0.2) is 18.2 Å². The van der Waals surface area contributed by atoms with Gasteiger partial charge >= 0.3 is 0 Å². The maximum absolute atomic E-state index is 12.3. The minimum absolute atomic E-state index is 0.263. The van der Waals surface area contributed by atoms with Crippen molar-refractivity contribution >= 4 is 0 Å². The third kappa shape index (κ3) is 1.30. The Morgan fingerprint density at radius 3 is 2.40 bits per heavy atom. The lowest BCUT2D eigenvalue weighted by atomic mass is 10.2. The molecule has 0 spiro atoms. The highest BCUT2D eigenvalue weighted by atomic mass is 19.2. The summed E-state index contributed by atoms with van der Waals surface area (Å²) in [6.07, 6.45) is 0. The van der Waals surface area contributed by atoms with Crippen molar-refractivity contribution in [1.29, 1.82) is 0 Å². The molecule has 0 N–H and O–H groups in total. The fourth-order valence-electron chi connectivity index (χ4n) is 0.629. The topological polar surface area (TPSA) is 19.9 Å². The van der Waals surface area contributed by atoms with Crippen LogP contribution in [0, 0.1) is 11.6 Å². The van der Waals surface area contributed by atoms with E-state index in [0.29, 0.717) is 0 Å². The quantitative estimate of drug-likeness (QED) is 0.572. The number of hydrogen-bond donors (Lipinski definition) is 0. The van der Waals surface area contributed by atoms with E-state index in [9.17, 15) is 13.9 Å². The van der Waals surface area contributed by atoms with Crippen LogP contribution >= 0.6 is 0 Å². The molecule has 1 aromatic rings. The van der Waals surface area contributed by atoms with E-state index in [4.69, 9.17) is 0 Å². The van der Waals surface area contributed by atoms with Crippen molar-refractivity contribution in [2.24, 2.45) is 0 Å². The molecule has 53 valence electrons. The molecule has 0 unspecified atom stereocenters. The lowest BCUT2D eigenvalue weighted by Crippen LogP contribution is -1.87. The van der Waals surface area contributed by atoms with Gasteiger partial charge in [-0.15, -0.1) is 0 Å². The van der Waals surface area contributed by atoms with Crippen LogP contribution < -0.4 is 0 Å². The molecule has 0 atom stereocenters. The predicted octanol–water partition coefficient (Wildman–Crippen LogP) is 1.90. The Balaban J connectivity index is 3.04. The van der Waals surface area contributed by atoms with E-state index < -0.39 is 18.2 Å². The highest BCUT2D eigenvalue weighted by Crippen LogP contribution is 2.07. The molecule has 1 nitrogen and oxygen atoms in total. The summed E-state index contributed by atoms with van der Waals surface area (Å²) in [5, 5.41) is 10.1. The summed E-state index contributed by atoms with van der Waals surface area (Å²) in [6, 6.07) is 3.12. The first-order valence-corrected chi connectivity index (χ1v) is 2.76. The monoisotopic (exact) mass is 143 g/mol. The number of benzene rings is 1. The lowest BCUT2D eigenvalue weighted by Gasteiger charge is -1.94. The summed E-state index contributed by atoms with van der Waals surface area (Å²) in [6.45, 7) is -0.517. The van der Waals surface area contributed by atoms with Crippen LogP contribution in [0.4, 0.5) is 8.78 Å². The molecule has 3 heteroatoms. The Labute approximate surface area is 56.9 Å². The minimum atomic E-state index is -0.964. The fourth-order valence-corrected chi connectivity index (χ4v) is 0.629. The average Bonchev–Trinajstić information content (AvgIpc) is 1.95. The molecule has 0 saturated carbocycles. The standard InChI is InChI=1S/C7H5F2O/c8-6-2-1-5(4-10)3-7(6)9/h1-3H,4H2. The maximum Gasteiger partial charge on any atom is 0.159 e. The molecule has 10 heavy (non-hydrogen) atoms. The summed E-state index contributed by atoms with van der Waals surface area (Å²) in [5.41, 5.74) is 0.263. The fraction of sp³-hybridized carbons (Fsp3) is 0.143. The molecule has 1 rings (SSSR count). The molecule has 0 bridgehead atoms. The van der Waals surface area contributed by atoms with Crippen LogP contribution in [0.5, 0.6) is 0 Å². The van der Waals surface area contributed by atoms with Crippen molar-refractivity contribution in [2.75, 3.05) is 0 Å². The van der Waals surface area contributed by atoms with Crippen molar-refractivity contribution in [3.63, 3.8) is 0 Å². The molecule has 0 aliphatic heterocycles. The molecule has 0 saturated heterocycles. The SMILES string of the molecule is [O]Cc1ccc(F)c(F)c1. The van der Waals surface area contributed by atoms with Gasteiger partial charge in [-0.2, -0.15) is 0 Å². The molecule has 0 amide bonds. The Bertz CT molecular complexity index is 235. The number of rotatable bonds is 1. The Kier molecular flexibility index (Phi) is 1.97. The van der Waals surface area contributed by atoms with Crippen LogP contribution in [0.25, 0.3) is 0 Å². The van der Waals surface area contributed by atoms with E-state index >= 15 is 0 Å². The molecular formula is C7H5F2O. The van der Waals surface area contributed by atoms with E-state index in [1.54, 1.807) is 0 Å². The van der Waals surface area contributed by atoms with Crippen molar-refractivity contribution in [2.45, 2.75) is 6.61 Å². The number of halogens is 2. The summed E-state index contributed by atoms with van der Waals surface area (Å²) < 4.78 is 24.4. The predicted molar refractivity (Wildman–Crippen MR) is 30.7 cm³/mol. The van der Waals surface area contributed by atoms with Gasteiger partial charge in [0.25, 0.3) is 0 Å². The third-order valence-corrected chi connectivity index (χ3v) is 1.15. The van der Waals surface area contributed by atoms with E-state index in [1.807, 2.05) is 0 Å². The minimum Gasteiger partial charge on any atom is -0.232 e.